The third-order valence-corrected chi connectivity index (χ3v) is 3.44. The van der Waals surface area contributed by atoms with E-state index >= 15 is 0 Å². The predicted octanol–water partition coefficient (Wildman–Crippen LogP) is 3.69. The van der Waals surface area contributed by atoms with Crippen LogP contribution < -0.4 is 10.1 Å². The van der Waals surface area contributed by atoms with E-state index in [4.69, 9.17) is 14.4 Å². The van der Waals surface area contributed by atoms with E-state index in [-0.39, 0.29) is 12.4 Å². The number of nitrogens with one attached hydrogen (secondary N) is 1. The molecule has 0 saturated heterocycles. The standard InChI is InChI=1S/C19H15N3O3/c1-13-4-2-7-17(21-13)22-19(23)18-15(8-9-24-18)12-25-16-6-3-5-14(10-16)11-20/h2-10H,12H2,1H3,(H,21,22,23). The number of aryl methyl sites for hydroxylation is 1. The molecule has 6 heteroatoms. The van der Waals surface area contributed by atoms with Gasteiger partial charge in [-0.1, -0.05) is 12.1 Å². The Bertz CT molecular complexity index is 941. The monoisotopic (exact) mass is 333 g/mol. The Morgan fingerprint density at radius 2 is 2.12 bits per heavy atom. The molecule has 0 saturated carbocycles. The zero-order valence-electron chi connectivity index (χ0n) is 13.5. The molecular formula is C19H15N3O3. The summed E-state index contributed by atoms with van der Waals surface area (Å²) in [5.74, 6) is 0.772. The Kier molecular flexibility index (Phi) is 4.77. The Balaban J connectivity index is 1.69. The molecule has 1 N–H and O–H groups in total. The molecule has 1 amide bonds. The quantitative estimate of drug-likeness (QED) is 0.769. The zero-order valence-corrected chi connectivity index (χ0v) is 13.5. The number of amides is 1. The van der Waals surface area contributed by atoms with E-state index in [0.717, 1.165) is 5.69 Å². The van der Waals surface area contributed by atoms with Crippen LogP contribution in [0.1, 0.15) is 27.4 Å². The summed E-state index contributed by atoms with van der Waals surface area (Å²) in [5.41, 5.74) is 1.92. The van der Waals surface area contributed by atoms with Crippen molar-refractivity contribution in [2.24, 2.45) is 0 Å². The van der Waals surface area contributed by atoms with Crippen LogP contribution in [0.2, 0.25) is 0 Å². The van der Waals surface area contributed by atoms with Gasteiger partial charge in [-0.3, -0.25) is 4.79 Å². The molecule has 25 heavy (non-hydrogen) atoms. The van der Waals surface area contributed by atoms with Crippen molar-refractivity contribution in [1.82, 2.24) is 4.98 Å². The summed E-state index contributed by atoms with van der Waals surface area (Å²) in [6.07, 6.45) is 1.43. The summed E-state index contributed by atoms with van der Waals surface area (Å²) < 4.78 is 10.9. The van der Waals surface area contributed by atoms with Crippen molar-refractivity contribution in [3.05, 3.63) is 77.4 Å². The second-order valence-corrected chi connectivity index (χ2v) is 5.32. The first-order valence-electron chi connectivity index (χ1n) is 7.60. The highest BCUT2D eigenvalue weighted by Crippen LogP contribution is 2.18. The van der Waals surface area contributed by atoms with E-state index in [9.17, 15) is 4.79 Å². The number of nitrogens with zero attached hydrogens (tertiary/aromatic N) is 2. The van der Waals surface area contributed by atoms with Gasteiger partial charge in [0, 0.05) is 11.3 Å². The van der Waals surface area contributed by atoms with Gasteiger partial charge in [-0.15, -0.1) is 0 Å². The Morgan fingerprint density at radius 3 is 2.92 bits per heavy atom. The second-order valence-electron chi connectivity index (χ2n) is 5.32. The second kappa shape index (κ2) is 7.32. The van der Waals surface area contributed by atoms with Crippen molar-refractivity contribution in [3.8, 4) is 11.8 Å². The fourth-order valence-corrected chi connectivity index (χ4v) is 2.25. The Hall–Kier alpha value is -3.59. The van der Waals surface area contributed by atoms with Crippen LogP contribution in [-0.2, 0) is 6.61 Å². The molecule has 0 spiro atoms. The maximum absolute atomic E-state index is 12.4. The number of rotatable bonds is 5. The largest absolute Gasteiger partial charge is 0.489 e. The van der Waals surface area contributed by atoms with Gasteiger partial charge in [0.15, 0.2) is 5.76 Å². The van der Waals surface area contributed by atoms with Crippen LogP contribution in [-0.4, -0.2) is 10.9 Å². The third kappa shape index (κ3) is 4.03. The number of anilines is 1. The van der Waals surface area contributed by atoms with E-state index < -0.39 is 5.91 Å². The van der Waals surface area contributed by atoms with Crippen LogP contribution >= 0.6 is 0 Å². The molecule has 0 bridgehead atoms. The van der Waals surface area contributed by atoms with Gasteiger partial charge in [-0.25, -0.2) is 4.98 Å². The summed E-state index contributed by atoms with van der Waals surface area (Å²) in [6, 6.07) is 15.9. The molecule has 0 fully saturated rings. The highest BCUT2D eigenvalue weighted by atomic mass is 16.5. The number of ether oxygens (including phenoxy) is 1. The predicted molar refractivity (Wildman–Crippen MR) is 91.1 cm³/mol. The molecule has 0 aliphatic carbocycles. The van der Waals surface area contributed by atoms with Crippen LogP contribution in [0.25, 0.3) is 0 Å². The van der Waals surface area contributed by atoms with Crippen molar-refractivity contribution in [2.75, 3.05) is 5.32 Å². The van der Waals surface area contributed by atoms with E-state index in [2.05, 4.69) is 16.4 Å². The normalized spacial score (nSPS) is 10.1. The van der Waals surface area contributed by atoms with Crippen molar-refractivity contribution < 1.29 is 13.9 Å². The molecule has 3 aromatic rings. The van der Waals surface area contributed by atoms with Crippen molar-refractivity contribution in [1.29, 1.82) is 5.26 Å². The number of pyridine rings is 1. The van der Waals surface area contributed by atoms with Crippen molar-refractivity contribution in [2.45, 2.75) is 13.5 Å². The molecule has 0 aliphatic rings. The molecule has 0 atom stereocenters. The van der Waals surface area contributed by atoms with Gasteiger partial charge < -0.3 is 14.5 Å². The molecule has 2 aromatic heterocycles. The van der Waals surface area contributed by atoms with Gasteiger partial charge in [0.1, 0.15) is 18.2 Å². The van der Waals surface area contributed by atoms with Crippen molar-refractivity contribution >= 4 is 11.7 Å². The topological polar surface area (TPSA) is 88.1 Å². The van der Waals surface area contributed by atoms with Crippen molar-refractivity contribution in [3.63, 3.8) is 0 Å². The summed E-state index contributed by atoms with van der Waals surface area (Å²) in [7, 11) is 0. The molecule has 6 nitrogen and oxygen atoms in total. The van der Waals surface area contributed by atoms with Gasteiger partial charge in [-0.05, 0) is 43.3 Å². The number of hydrogen-bond donors (Lipinski definition) is 1. The SMILES string of the molecule is Cc1cccc(NC(=O)c2occc2COc2cccc(C#N)c2)n1. The zero-order chi connectivity index (χ0) is 17.6. The van der Waals surface area contributed by atoms with Crippen LogP contribution in [0.5, 0.6) is 5.75 Å². The summed E-state index contributed by atoms with van der Waals surface area (Å²) >= 11 is 0. The summed E-state index contributed by atoms with van der Waals surface area (Å²) in [6.45, 7) is 1.99. The molecule has 3 rings (SSSR count). The molecule has 0 aliphatic heterocycles. The van der Waals surface area contributed by atoms with Gasteiger partial charge >= 0.3 is 0 Å². The lowest BCUT2D eigenvalue weighted by atomic mass is 10.2. The number of aromatic nitrogens is 1. The first-order chi connectivity index (χ1) is 12.2. The van der Waals surface area contributed by atoms with Gasteiger partial charge in [0.2, 0.25) is 0 Å². The lowest BCUT2D eigenvalue weighted by molar-refractivity contribution is 0.0993. The van der Waals surface area contributed by atoms with Gasteiger partial charge in [0.25, 0.3) is 5.91 Å². The Morgan fingerprint density at radius 1 is 1.28 bits per heavy atom. The van der Waals surface area contributed by atoms with E-state index in [0.29, 0.717) is 22.7 Å². The van der Waals surface area contributed by atoms with E-state index in [1.54, 1.807) is 36.4 Å². The first kappa shape index (κ1) is 16.3. The average Bonchev–Trinajstić information content (AvgIpc) is 3.09. The molecule has 2 heterocycles. The minimum Gasteiger partial charge on any atom is -0.489 e. The third-order valence-electron chi connectivity index (χ3n) is 3.44. The molecule has 0 radical (unpaired) electrons. The van der Waals surface area contributed by atoms with Crippen LogP contribution in [0, 0.1) is 18.3 Å². The van der Waals surface area contributed by atoms with Crippen LogP contribution in [0.4, 0.5) is 5.82 Å². The lowest BCUT2D eigenvalue weighted by Gasteiger charge is -2.07. The number of carbonyl (C=O) groups excluding carboxylic acids is 1. The number of furan rings is 1. The number of nitriles is 1. The minimum absolute atomic E-state index is 0.148. The number of carbonyl (C=O) groups is 1. The smallest absolute Gasteiger partial charge is 0.292 e. The minimum atomic E-state index is -0.396. The number of hydrogen-bond acceptors (Lipinski definition) is 5. The molecule has 1 aromatic carbocycles. The molecular weight excluding hydrogens is 318 g/mol. The number of benzene rings is 1. The summed E-state index contributed by atoms with van der Waals surface area (Å²) in [4.78, 5) is 16.6. The Labute approximate surface area is 144 Å². The first-order valence-corrected chi connectivity index (χ1v) is 7.60. The highest BCUT2D eigenvalue weighted by molar-refractivity contribution is 6.02. The van der Waals surface area contributed by atoms with Gasteiger partial charge in [0.05, 0.1) is 17.9 Å². The maximum atomic E-state index is 12.4. The fourth-order valence-electron chi connectivity index (χ4n) is 2.25. The van der Waals surface area contributed by atoms with E-state index in [1.807, 2.05) is 19.1 Å². The van der Waals surface area contributed by atoms with Crippen LogP contribution in [0.15, 0.2) is 59.2 Å². The molecule has 0 unspecified atom stereocenters. The fraction of sp³-hybridized carbons (Fsp3) is 0.105. The average molecular weight is 333 g/mol. The van der Waals surface area contributed by atoms with Gasteiger partial charge in [-0.2, -0.15) is 5.26 Å². The highest BCUT2D eigenvalue weighted by Gasteiger charge is 2.16. The molecule has 124 valence electrons. The summed E-state index contributed by atoms with van der Waals surface area (Å²) in [5, 5.41) is 11.6. The van der Waals surface area contributed by atoms with Crippen LogP contribution in [0.3, 0.4) is 0 Å². The van der Waals surface area contributed by atoms with E-state index in [1.165, 1.54) is 6.26 Å². The lowest BCUT2D eigenvalue weighted by Crippen LogP contribution is -2.14. The maximum Gasteiger partial charge on any atom is 0.292 e.